The van der Waals surface area contributed by atoms with Crippen LogP contribution in [0.3, 0.4) is 0 Å². The maximum Gasteiger partial charge on any atom is 0.534 e. The number of carboxylic acid groups (broad SMARTS) is 1. The van der Waals surface area contributed by atoms with Gasteiger partial charge in [0.1, 0.15) is 11.8 Å². The van der Waals surface area contributed by atoms with Crippen molar-refractivity contribution in [3.63, 3.8) is 0 Å². The van der Waals surface area contributed by atoms with Gasteiger partial charge in [0.05, 0.1) is 6.04 Å². The second-order valence-corrected chi connectivity index (χ2v) is 8.06. The van der Waals surface area contributed by atoms with Crippen LogP contribution in [0.2, 0.25) is 0 Å². The van der Waals surface area contributed by atoms with Gasteiger partial charge in [-0.05, 0) is 18.6 Å². The Bertz CT molecular complexity index is 1040. The monoisotopic (exact) mass is 464 g/mol. The van der Waals surface area contributed by atoms with Gasteiger partial charge in [0.25, 0.3) is 11.8 Å². The number of hydrogen-bond acceptors (Lipinski definition) is 7. The molecule has 10 nitrogen and oxygen atoms in total. The van der Waals surface area contributed by atoms with Gasteiger partial charge in [-0.1, -0.05) is 18.2 Å². The van der Waals surface area contributed by atoms with Crippen molar-refractivity contribution >= 4 is 27.9 Å². The van der Waals surface area contributed by atoms with Crippen LogP contribution in [0, 0.1) is 0 Å². The molecule has 2 atom stereocenters. The summed E-state index contributed by atoms with van der Waals surface area (Å²) in [4.78, 5) is 36.5. The molecular formula is C17H15F3N2O8S. The lowest BCUT2D eigenvalue weighted by atomic mass is 9.86. The summed E-state index contributed by atoms with van der Waals surface area (Å²) in [5.41, 5.74) is -6.78. The van der Waals surface area contributed by atoms with Gasteiger partial charge in [0, 0.05) is 6.42 Å². The molecule has 0 radical (unpaired) electrons. The smallest absolute Gasteiger partial charge is 0.484 e. The van der Waals surface area contributed by atoms with Crippen LogP contribution < -0.4 is 10.1 Å². The fourth-order valence-corrected chi connectivity index (χ4v) is 3.69. The lowest BCUT2D eigenvalue weighted by molar-refractivity contribution is -0.156. The summed E-state index contributed by atoms with van der Waals surface area (Å²) in [6.07, 6.45) is -0.631. The number of carbonyl (C=O) groups is 3. The average molecular weight is 464 g/mol. The van der Waals surface area contributed by atoms with E-state index in [1.165, 1.54) is 0 Å². The standard InChI is InChI=1S/C17H15F3N2O8S/c18-17(19,20)31(27,28)30-11-7-6-10-13(15(24)22(10)14(11)16(25)26)21-12(23)8-29-9-4-2-1-3-5-9/h1-5,10,13H,6-8H2,(H,21,23)(H,25,26)/t10-,13-/m0/s1. The summed E-state index contributed by atoms with van der Waals surface area (Å²) in [6.45, 7) is -0.430. The van der Waals surface area contributed by atoms with Crippen LogP contribution in [0.4, 0.5) is 13.2 Å². The van der Waals surface area contributed by atoms with Gasteiger partial charge < -0.3 is 19.3 Å². The minimum atomic E-state index is -6.11. The molecule has 2 heterocycles. The number of carbonyl (C=O) groups excluding carboxylic acids is 2. The fourth-order valence-electron chi connectivity index (χ4n) is 3.17. The number of allylic oxidation sites excluding steroid dienone is 1. The molecule has 0 saturated carbocycles. The van der Waals surface area contributed by atoms with Gasteiger partial charge in [0.15, 0.2) is 18.1 Å². The minimum Gasteiger partial charge on any atom is -0.484 e. The van der Waals surface area contributed by atoms with Gasteiger partial charge >= 0.3 is 21.6 Å². The van der Waals surface area contributed by atoms with Gasteiger partial charge in [-0.2, -0.15) is 21.6 Å². The average Bonchev–Trinajstić information content (AvgIpc) is 2.69. The second kappa shape index (κ2) is 8.09. The lowest BCUT2D eigenvalue weighted by Crippen LogP contribution is -2.72. The Balaban J connectivity index is 1.70. The molecule has 0 bridgehead atoms. The van der Waals surface area contributed by atoms with E-state index in [1.54, 1.807) is 30.3 Å². The molecule has 1 saturated heterocycles. The molecule has 1 aromatic rings. The van der Waals surface area contributed by atoms with Crippen LogP contribution in [-0.4, -0.2) is 60.4 Å². The number of β-lactam (4-membered cyclic amide) rings is 1. The number of para-hydroxylation sites is 1. The van der Waals surface area contributed by atoms with E-state index < -0.39 is 70.0 Å². The molecule has 0 unspecified atom stereocenters. The number of carboxylic acids is 1. The van der Waals surface area contributed by atoms with E-state index >= 15 is 0 Å². The summed E-state index contributed by atoms with van der Waals surface area (Å²) in [5, 5.41) is 11.7. The lowest BCUT2D eigenvalue weighted by Gasteiger charge is -2.49. The number of nitrogens with zero attached hydrogens (tertiary/aromatic N) is 1. The van der Waals surface area contributed by atoms with Crippen LogP contribution in [-0.2, 0) is 28.7 Å². The highest BCUT2D eigenvalue weighted by Crippen LogP contribution is 2.39. The maximum absolute atomic E-state index is 12.6. The third kappa shape index (κ3) is 4.42. The Hall–Kier alpha value is -3.29. The third-order valence-electron chi connectivity index (χ3n) is 4.52. The first-order valence-electron chi connectivity index (χ1n) is 8.70. The number of halogens is 3. The van der Waals surface area contributed by atoms with Crippen LogP contribution in [0.1, 0.15) is 12.8 Å². The van der Waals surface area contributed by atoms with Crippen LogP contribution >= 0.6 is 0 Å². The van der Waals surface area contributed by atoms with E-state index in [2.05, 4.69) is 9.50 Å². The summed E-state index contributed by atoms with van der Waals surface area (Å²) in [6, 6.07) is 6.28. The van der Waals surface area contributed by atoms with E-state index in [9.17, 15) is 41.1 Å². The van der Waals surface area contributed by atoms with Crippen molar-refractivity contribution in [2.45, 2.75) is 30.4 Å². The highest BCUT2D eigenvalue weighted by Gasteiger charge is 2.56. The summed E-state index contributed by atoms with van der Waals surface area (Å²) in [7, 11) is -6.11. The molecule has 0 spiro atoms. The molecule has 31 heavy (non-hydrogen) atoms. The first-order valence-corrected chi connectivity index (χ1v) is 10.1. The third-order valence-corrected chi connectivity index (χ3v) is 5.51. The highest BCUT2D eigenvalue weighted by molar-refractivity contribution is 7.87. The number of hydrogen-bond donors (Lipinski definition) is 2. The molecule has 2 aliphatic heterocycles. The normalized spacial score (nSPS) is 21.1. The van der Waals surface area contributed by atoms with Crippen molar-refractivity contribution in [3.05, 3.63) is 41.8 Å². The Morgan fingerprint density at radius 2 is 1.87 bits per heavy atom. The Labute approximate surface area is 173 Å². The van der Waals surface area contributed by atoms with Gasteiger partial charge in [0.2, 0.25) is 0 Å². The van der Waals surface area contributed by atoms with Crippen molar-refractivity contribution < 1.29 is 50.0 Å². The van der Waals surface area contributed by atoms with Crippen LogP contribution in [0.15, 0.2) is 41.8 Å². The van der Waals surface area contributed by atoms with E-state index in [4.69, 9.17) is 4.74 Å². The fraction of sp³-hybridized carbons (Fsp3) is 0.353. The van der Waals surface area contributed by atoms with Crippen molar-refractivity contribution in [3.8, 4) is 5.75 Å². The topological polar surface area (TPSA) is 139 Å². The zero-order valence-corrected chi connectivity index (χ0v) is 16.3. The predicted molar refractivity (Wildman–Crippen MR) is 94.5 cm³/mol. The molecule has 0 aromatic heterocycles. The number of rotatable bonds is 7. The zero-order chi connectivity index (χ0) is 23.0. The van der Waals surface area contributed by atoms with Gasteiger partial charge in [-0.15, -0.1) is 0 Å². The summed E-state index contributed by atoms with van der Waals surface area (Å²) < 4.78 is 69.3. The Kier molecular flexibility index (Phi) is 5.85. The molecule has 2 aliphatic rings. The first-order chi connectivity index (χ1) is 14.4. The van der Waals surface area contributed by atoms with E-state index in [0.29, 0.717) is 10.6 Å². The van der Waals surface area contributed by atoms with Crippen molar-refractivity contribution in [2.24, 2.45) is 0 Å². The molecule has 3 rings (SSSR count). The largest absolute Gasteiger partial charge is 0.534 e. The molecule has 2 N–H and O–H groups in total. The van der Waals surface area contributed by atoms with Crippen LogP contribution in [0.5, 0.6) is 5.75 Å². The number of amides is 2. The molecule has 0 aliphatic carbocycles. The number of nitrogens with one attached hydrogen (secondary N) is 1. The molecule has 2 amide bonds. The second-order valence-electron chi connectivity index (χ2n) is 6.52. The zero-order valence-electron chi connectivity index (χ0n) is 15.5. The van der Waals surface area contributed by atoms with Crippen molar-refractivity contribution in [1.82, 2.24) is 10.2 Å². The van der Waals surface area contributed by atoms with Gasteiger partial charge in [-0.25, -0.2) is 4.79 Å². The highest BCUT2D eigenvalue weighted by atomic mass is 32.2. The number of ether oxygens (including phenoxy) is 1. The van der Waals surface area contributed by atoms with Gasteiger partial charge in [-0.3, -0.25) is 14.5 Å². The van der Waals surface area contributed by atoms with Crippen molar-refractivity contribution in [2.75, 3.05) is 6.61 Å². The first kappa shape index (κ1) is 22.4. The summed E-state index contributed by atoms with van der Waals surface area (Å²) >= 11 is 0. The molecule has 168 valence electrons. The van der Waals surface area contributed by atoms with E-state index in [0.717, 1.165) is 0 Å². The summed E-state index contributed by atoms with van der Waals surface area (Å²) in [5.74, 6) is -4.06. The van der Waals surface area contributed by atoms with Crippen LogP contribution in [0.25, 0.3) is 0 Å². The number of alkyl halides is 3. The number of benzene rings is 1. The molecule has 14 heteroatoms. The minimum absolute atomic E-state index is 0.129. The predicted octanol–water partition coefficient (Wildman–Crippen LogP) is 0.717. The van der Waals surface area contributed by atoms with Crippen molar-refractivity contribution in [1.29, 1.82) is 0 Å². The SMILES string of the molecule is O=C(COc1ccccc1)N[C@@H]1C(=O)N2C(C(=O)O)=C(OS(=O)(=O)C(F)(F)F)CC[C@@H]12. The number of aliphatic carboxylic acids is 1. The Morgan fingerprint density at radius 3 is 2.45 bits per heavy atom. The molecular weight excluding hydrogens is 449 g/mol. The maximum atomic E-state index is 12.6. The molecule has 1 aromatic carbocycles. The van der Waals surface area contributed by atoms with E-state index in [-0.39, 0.29) is 6.42 Å². The molecule has 1 fully saturated rings. The quantitative estimate of drug-likeness (QED) is 0.342. The Morgan fingerprint density at radius 1 is 1.23 bits per heavy atom. The number of fused-ring (bicyclic) bond motifs is 1. The van der Waals surface area contributed by atoms with E-state index in [1.807, 2.05) is 0 Å².